The maximum Gasteiger partial charge on any atom is 0.180 e. The van der Waals surface area contributed by atoms with Gasteiger partial charge < -0.3 is 0 Å². The second kappa shape index (κ2) is 5.35. The Balaban J connectivity index is 3.27. The Morgan fingerprint density at radius 2 is 1.78 bits per heavy atom. The van der Waals surface area contributed by atoms with E-state index in [0.29, 0.717) is 5.56 Å². The normalized spacial score (nSPS) is 13.2. The third-order valence-electron chi connectivity index (χ3n) is 3.09. The molecule has 1 atom stereocenters. The van der Waals surface area contributed by atoms with E-state index in [1.807, 2.05) is 38.1 Å². The predicted octanol–water partition coefficient (Wildman–Crippen LogP) is 3.96. The van der Waals surface area contributed by atoms with E-state index in [0.717, 1.165) is 5.56 Å². The van der Waals surface area contributed by atoms with Gasteiger partial charge in [-0.25, -0.2) is 0 Å². The van der Waals surface area contributed by atoms with Gasteiger partial charge in [0.25, 0.3) is 0 Å². The summed E-state index contributed by atoms with van der Waals surface area (Å²) in [5.41, 5.74) is 1.60. The van der Waals surface area contributed by atoms with Crippen LogP contribution in [0.25, 0.3) is 0 Å². The highest BCUT2D eigenvalue weighted by Gasteiger charge is 2.28. The van der Waals surface area contributed by atoms with Crippen molar-refractivity contribution in [1.29, 1.82) is 5.26 Å². The van der Waals surface area contributed by atoms with Crippen molar-refractivity contribution < 1.29 is 4.79 Å². The Morgan fingerprint density at radius 1 is 1.22 bits per heavy atom. The summed E-state index contributed by atoms with van der Waals surface area (Å²) in [7, 11) is 0. The lowest BCUT2D eigenvalue weighted by atomic mass is 9.79. The van der Waals surface area contributed by atoms with E-state index in [-0.39, 0.29) is 17.1 Å². The minimum absolute atomic E-state index is 0.0375. The minimum Gasteiger partial charge on any atom is -0.293 e. The summed E-state index contributed by atoms with van der Waals surface area (Å²) in [6.45, 7) is 10.1. The van der Waals surface area contributed by atoms with Crippen LogP contribution in [0.4, 0.5) is 0 Å². The molecule has 1 rings (SSSR count). The van der Waals surface area contributed by atoms with Gasteiger partial charge in [-0.2, -0.15) is 5.26 Å². The Kier molecular flexibility index (Phi) is 4.29. The van der Waals surface area contributed by atoms with Crippen LogP contribution in [0.2, 0.25) is 0 Å². The number of ketones is 1. The van der Waals surface area contributed by atoms with Crippen molar-refractivity contribution in [3.05, 3.63) is 35.4 Å². The SMILES string of the molecule is CC(C)C(C#N)C(=O)c1ccccc1C(C)(C)C. The summed E-state index contributed by atoms with van der Waals surface area (Å²) in [6, 6.07) is 9.73. The van der Waals surface area contributed by atoms with Gasteiger partial charge in [-0.1, -0.05) is 58.9 Å². The second-order valence-corrected chi connectivity index (χ2v) is 6.01. The second-order valence-electron chi connectivity index (χ2n) is 6.01. The van der Waals surface area contributed by atoms with E-state index in [1.54, 1.807) is 0 Å². The van der Waals surface area contributed by atoms with Gasteiger partial charge in [0.1, 0.15) is 5.92 Å². The molecule has 1 aromatic carbocycles. The minimum atomic E-state index is -0.562. The average molecular weight is 243 g/mol. The first-order chi connectivity index (χ1) is 8.29. The number of carbonyl (C=O) groups excluding carboxylic acids is 1. The first-order valence-electron chi connectivity index (χ1n) is 6.32. The third-order valence-corrected chi connectivity index (χ3v) is 3.09. The summed E-state index contributed by atoms with van der Waals surface area (Å²) in [4.78, 5) is 12.5. The summed E-state index contributed by atoms with van der Waals surface area (Å²) >= 11 is 0. The zero-order valence-corrected chi connectivity index (χ0v) is 11.8. The van der Waals surface area contributed by atoms with Crippen molar-refractivity contribution in [2.75, 3.05) is 0 Å². The van der Waals surface area contributed by atoms with Gasteiger partial charge in [0.2, 0.25) is 0 Å². The molecule has 0 saturated heterocycles. The number of carbonyl (C=O) groups is 1. The molecule has 2 heteroatoms. The molecule has 0 amide bonds. The van der Waals surface area contributed by atoms with Crippen molar-refractivity contribution in [3.8, 4) is 6.07 Å². The van der Waals surface area contributed by atoms with Crippen LogP contribution in [-0.4, -0.2) is 5.78 Å². The Hall–Kier alpha value is -1.62. The van der Waals surface area contributed by atoms with E-state index >= 15 is 0 Å². The molecule has 0 aliphatic carbocycles. The van der Waals surface area contributed by atoms with E-state index in [4.69, 9.17) is 5.26 Å². The molecule has 0 fully saturated rings. The van der Waals surface area contributed by atoms with Gasteiger partial charge in [-0.3, -0.25) is 4.79 Å². The highest BCUT2D eigenvalue weighted by atomic mass is 16.1. The fourth-order valence-corrected chi connectivity index (χ4v) is 2.03. The fourth-order valence-electron chi connectivity index (χ4n) is 2.03. The van der Waals surface area contributed by atoms with E-state index in [9.17, 15) is 4.79 Å². The number of rotatable bonds is 3. The molecule has 0 bridgehead atoms. The van der Waals surface area contributed by atoms with Gasteiger partial charge in [0, 0.05) is 5.56 Å². The van der Waals surface area contributed by atoms with E-state index in [2.05, 4.69) is 26.8 Å². The Morgan fingerprint density at radius 3 is 2.22 bits per heavy atom. The molecule has 0 spiro atoms. The topological polar surface area (TPSA) is 40.9 Å². The van der Waals surface area contributed by atoms with Crippen LogP contribution in [0.3, 0.4) is 0 Å². The number of hydrogen-bond donors (Lipinski definition) is 0. The zero-order chi connectivity index (χ0) is 13.9. The molecular formula is C16H21NO. The molecule has 0 aromatic heterocycles. The van der Waals surface area contributed by atoms with Gasteiger partial charge in [0.15, 0.2) is 5.78 Å². The Bertz CT molecular complexity index is 475. The smallest absolute Gasteiger partial charge is 0.180 e. The fraction of sp³-hybridized carbons (Fsp3) is 0.500. The van der Waals surface area contributed by atoms with Crippen molar-refractivity contribution in [1.82, 2.24) is 0 Å². The van der Waals surface area contributed by atoms with Crippen LogP contribution in [0, 0.1) is 23.2 Å². The standard InChI is InChI=1S/C16H21NO/c1-11(2)13(10-17)15(18)12-8-6-7-9-14(12)16(3,4)5/h6-9,11,13H,1-5H3. The van der Waals surface area contributed by atoms with Crippen LogP contribution < -0.4 is 0 Å². The van der Waals surface area contributed by atoms with Crippen molar-refractivity contribution >= 4 is 5.78 Å². The number of benzene rings is 1. The van der Waals surface area contributed by atoms with Crippen molar-refractivity contribution in [2.45, 2.75) is 40.0 Å². The zero-order valence-electron chi connectivity index (χ0n) is 11.8. The summed E-state index contributed by atoms with van der Waals surface area (Å²) in [5, 5.41) is 9.15. The molecule has 1 aromatic rings. The van der Waals surface area contributed by atoms with E-state index < -0.39 is 5.92 Å². The number of Topliss-reactive ketones (excluding diaryl/α,β-unsaturated/α-hetero) is 1. The van der Waals surface area contributed by atoms with Gasteiger partial charge >= 0.3 is 0 Å². The maximum atomic E-state index is 12.5. The molecule has 2 nitrogen and oxygen atoms in total. The monoisotopic (exact) mass is 243 g/mol. The predicted molar refractivity (Wildman–Crippen MR) is 73.4 cm³/mol. The summed E-state index contributed by atoms with van der Waals surface area (Å²) in [6.07, 6.45) is 0. The molecular weight excluding hydrogens is 222 g/mol. The van der Waals surface area contributed by atoms with Crippen molar-refractivity contribution in [3.63, 3.8) is 0 Å². The molecule has 0 aliphatic heterocycles. The van der Waals surface area contributed by atoms with E-state index in [1.165, 1.54) is 0 Å². The average Bonchev–Trinajstić information content (AvgIpc) is 2.28. The highest BCUT2D eigenvalue weighted by Crippen LogP contribution is 2.28. The molecule has 96 valence electrons. The highest BCUT2D eigenvalue weighted by molar-refractivity contribution is 6.01. The number of hydrogen-bond acceptors (Lipinski definition) is 2. The van der Waals surface area contributed by atoms with Gasteiger partial charge in [-0.15, -0.1) is 0 Å². The Labute approximate surface area is 110 Å². The van der Waals surface area contributed by atoms with Gasteiger partial charge in [-0.05, 0) is 16.9 Å². The molecule has 1 unspecified atom stereocenters. The lowest BCUT2D eigenvalue weighted by Gasteiger charge is -2.23. The summed E-state index contributed by atoms with van der Waals surface area (Å²) in [5.74, 6) is -0.581. The first kappa shape index (κ1) is 14.4. The molecule has 0 radical (unpaired) electrons. The van der Waals surface area contributed by atoms with Crippen LogP contribution in [0.15, 0.2) is 24.3 Å². The quantitative estimate of drug-likeness (QED) is 0.754. The third kappa shape index (κ3) is 2.98. The molecule has 0 N–H and O–H groups in total. The molecule has 0 saturated carbocycles. The largest absolute Gasteiger partial charge is 0.293 e. The number of nitriles is 1. The molecule has 0 heterocycles. The lowest BCUT2D eigenvalue weighted by molar-refractivity contribution is 0.0922. The molecule has 18 heavy (non-hydrogen) atoms. The number of nitrogens with zero attached hydrogens (tertiary/aromatic N) is 1. The van der Waals surface area contributed by atoms with Crippen LogP contribution >= 0.6 is 0 Å². The maximum absolute atomic E-state index is 12.5. The first-order valence-corrected chi connectivity index (χ1v) is 6.32. The lowest BCUT2D eigenvalue weighted by Crippen LogP contribution is -2.23. The van der Waals surface area contributed by atoms with Crippen LogP contribution in [0.1, 0.15) is 50.5 Å². The van der Waals surface area contributed by atoms with Crippen LogP contribution in [-0.2, 0) is 5.41 Å². The van der Waals surface area contributed by atoms with Crippen molar-refractivity contribution in [2.24, 2.45) is 11.8 Å². The molecule has 0 aliphatic rings. The summed E-state index contributed by atoms with van der Waals surface area (Å²) < 4.78 is 0. The van der Waals surface area contributed by atoms with Gasteiger partial charge in [0.05, 0.1) is 6.07 Å². The van der Waals surface area contributed by atoms with Crippen LogP contribution in [0.5, 0.6) is 0 Å².